The molecule has 1 heterocycles. The van der Waals surface area contributed by atoms with E-state index in [2.05, 4.69) is 20.6 Å². The number of rotatable bonds is 6. The average Bonchev–Trinajstić information content (AvgIpc) is 2.48. The molecule has 0 unspecified atom stereocenters. The Morgan fingerprint density at radius 1 is 1.05 bits per heavy atom. The highest BCUT2D eigenvalue weighted by Gasteiger charge is 2.08. The van der Waals surface area contributed by atoms with Gasteiger partial charge in [0.05, 0.1) is 6.20 Å². The van der Waals surface area contributed by atoms with Gasteiger partial charge in [0.1, 0.15) is 0 Å². The predicted octanol–water partition coefficient (Wildman–Crippen LogP) is 3.33. The maximum absolute atomic E-state index is 13.6. The molecule has 0 radical (unpaired) electrons. The second kappa shape index (κ2) is 6.92. The number of benzene rings is 1. The van der Waals surface area contributed by atoms with Crippen LogP contribution in [0.4, 0.5) is 24.9 Å². The van der Waals surface area contributed by atoms with Gasteiger partial charge >= 0.3 is 0 Å². The fourth-order valence-corrected chi connectivity index (χ4v) is 1.65. The van der Waals surface area contributed by atoms with E-state index in [9.17, 15) is 13.2 Å². The van der Waals surface area contributed by atoms with E-state index >= 15 is 0 Å². The molecule has 0 amide bonds. The smallest absolute Gasteiger partial charge is 0.224 e. The van der Waals surface area contributed by atoms with Gasteiger partial charge in [-0.25, -0.2) is 18.2 Å². The van der Waals surface area contributed by atoms with Crippen LogP contribution in [-0.2, 0) is 6.54 Å². The maximum Gasteiger partial charge on any atom is 0.224 e. The Bertz CT molecular complexity index is 619. The first kappa shape index (κ1) is 15.1. The van der Waals surface area contributed by atoms with E-state index in [0.29, 0.717) is 18.1 Å². The molecule has 0 bridgehead atoms. The molecule has 2 N–H and O–H groups in total. The molecule has 0 saturated heterocycles. The summed E-state index contributed by atoms with van der Waals surface area (Å²) in [6, 6.07) is 3.50. The summed E-state index contributed by atoms with van der Waals surface area (Å²) < 4.78 is 39.5. The molecule has 7 heteroatoms. The van der Waals surface area contributed by atoms with Crippen LogP contribution in [0.5, 0.6) is 0 Å². The molecule has 0 atom stereocenters. The maximum atomic E-state index is 13.6. The lowest BCUT2D eigenvalue weighted by Gasteiger charge is -2.09. The highest BCUT2D eigenvalue weighted by molar-refractivity contribution is 5.41. The summed E-state index contributed by atoms with van der Waals surface area (Å²) in [6.07, 6.45) is 1.94. The van der Waals surface area contributed by atoms with E-state index in [1.807, 2.05) is 6.92 Å². The second-order valence-electron chi connectivity index (χ2n) is 4.42. The van der Waals surface area contributed by atoms with Crippen molar-refractivity contribution in [3.63, 3.8) is 0 Å². The quantitative estimate of drug-likeness (QED) is 0.858. The van der Waals surface area contributed by atoms with Gasteiger partial charge in [-0.3, -0.25) is 0 Å². The Kier molecular flexibility index (Phi) is 4.97. The van der Waals surface area contributed by atoms with Crippen molar-refractivity contribution in [2.75, 3.05) is 17.2 Å². The first-order valence-electron chi connectivity index (χ1n) is 6.54. The van der Waals surface area contributed by atoms with E-state index in [0.717, 1.165) is 24.8 Å². The van der Waals surface area contributed by atoms with E-state index in [-0.39, 0.29) is 12.4 Å². The Balaban J connectivity index is 2.06. The highest BCUT2D eigenvalue weighted by Crippen LogP contribution is 2.14. The van der Waals surface area contributed by atoms with Gasteiger partial charge < -0.3 is 10.6 Å². The lowest BCUT2D eigenvalue weighted by molar-refractivity contribution is 0.507. The van der Waals surface area contributed by atoms with Crippen molar-refractivity contribution in [1.82, 2.24) is 9.97 Å². The van der Waals surface area contributed by atoms with Crippen molar-refractivity contribution in [3.8, 4) is 0 Å². The Labute approximate surface area is 120 Å². The monoisotopic (exact) mass is 296 g/mol. The van der Waals surface area contributed by atoms with Gasteiger partial charge in [0, 0.05) is 13.1 Å². The summed E-state index contributed by atoms with van der Waals surface area (Å²) in [5.74, 6) is -2.15. The third-order valence-corrected chi connectivity index (χ3v) is 2.72. The molecule has 0 aliphatic heterocycles. The zero-order valence-electron chi connectivity index (χ0n) is 11.5. The van der Waals surface area contributed by atoms with Crippen molar-refractivity contribution in [2.45, 2.75) is 19.9 Å². The van der Waals surface area contributed by atoms with Gasteiger partial charge in [0.25, 0.3) is 0 Å². The first-order valence-corrected chi connectivity index (χ1v) is 6.54. The summed E-state index contributed by atoms with van der Waals surface area (Å²) in [4.78, 5) is 7.80. The van der Waals surface area contributed by atoms with Crippen LogP contribution in [0.25, 0.3) is 0 Å². The Hall–Kier alpha value is -2.31. The van der Waals surface area contributed by atoms with Crippen molar-refractivity contribution < 1.29 is 13.2 Å². The van der Waals surface area contributed by atoms with E-state index in [1.165, 1.54) is 6.07 Å². The van der Waals surface area contributed by atoms with Crippen LogP contribution in [0.1, 0.15) is 18.9 Å². The minimum atomic E-state index is -0.942. The SMILES string of the molecule is CCCNc1ncc(F)c(NCc2ccc(F)c(F)c2)n1. The summed E-state index contributed by atoms with van der Waals surface area (Å²) in [5, 5.41) is 5.68. The number of hydrogen-bond donors (Lipinski definition) is 2. The van der Waals surface area contributed by atoms with E-state index in [4.69, 9.17) is 0 Å². The van der Waals surface area contributed by atoms with Gasteiger partial charge in [-0.05, 0) is 24.1 Å². The molecule has 21 heavy (non-hydrogen) atoms. The largest absolute Gasteiger partial charge is 0.363 e. The van der Waals surface area contributed by atoms with Crippen LogP contribution >= 0.6 is 0 Å². The normalized spacial score (nSPS) is 10.5. The number of aromatic nitrogens is 2. The van der Waals surface area contributed by atoms with Crippen LogP contribution in [0.2, 0.25) is 0 Å². The minimum absolute atomic E-state index is 0.00772. The van der Waals surface area contributed by atoms with Crippen molar-refractivity contribution in [3.05, 3.63) is 47.4 Å². The van der Waals surface area contributed by atoms with Gasteiger partial charge in [-0.2, -0.15) is 4.98 Å². The number of anilines is 2. The third kappa shape index (κ3) is 4.08. The Morgan fingerprint density at radius 2 is 1.86 bits per heavy atom. The standard InChI is InChI=1S/C14H15F3N4/c1-2-5-18-14-20-8-12(17)13(21-14)19-7-9-3-4-10(15)11(16)6-9/h3-4,6,8H,2,5,7H2,1H3,(H2,18,19,20,21). The molecule has 2 aromatic rings. The highest BCUT2D eigenvalue weighted by atomic mass is 19.2. The fraction of sp³-hybridized carbons (Fsp3) is 0.286. The molecule has 1 aromatic heterocycles. The van der Waals surface area contributed by atoms with E-state index in [1.54, 1.807) is 0 Å². The molecular formula is C14H15F3N4. The number of nitrogens with zero attached hydrogens (tertiary/aromatic N) is 2. The van der Waals surface area contributed by atoms with E-state index < -0.39 is 17.5 Å². The van der Waals surface area contributed by atoms with Crippen LogP contribution in [0, 0.1) is 17.5 Å². The lowest BCUT2D eigenvalue weighted by atomic mass is 10.2. The molecule has 1 aromatic carbocycles. The molecule has 0 spiro atoms. The second-order valence-corrected chi connectivity index (χ2v) is 4.42. The van der Waals surface area contributed by atoms with Crippen molar-refractivity contribution in [2.24, 2.45) is 0 Å². The van der Waals surface area contributed by atoms with Crippen LogP contribution in [-0.4, -0.2) is 16.5 Å². The predicted molar refractivity (Wildman–Crippen MR) is 74.5 cm³/mol. The first-order chi connectivity index (χ1) is 10.1. The summed E-state index contributed by atoms with van der Waals surface area (Å²) in [7, 11) is 0. The molecule has 4 nitrogen and oxygen atoms in total. The Morgan fingerprint density at radius 3 is 2.57 bits per heavy atom. The van der Waals surface area contributed by atoms with Crippen molar-refractivity contribution >= 4 is 11.8 Å². The number of nitrogens with one attached hydrogen (secondary N) is 2. The van der Waals surface area contributed by atoms with Crippen LogP contribution in [0.3, 0.4) is 0 Å². The van der Waals surface area contributed by atoms with Gasteiger partial charge in [-0.1, -0.05) is 13.0 Å². The molecular weight excluding hydrogens is 281 g/mol. The van der Waals surface area contributed by atoms with Crippen LogP contribution < -0.4 is 10.6 Å². The third-order valence-electron chi connectivity index (χ3n) is 2.72. The van der Waals surface area contributed by atoms with Gasteiger partial charge in [0.2, 0.25) is 5.95 Å². The number of halogens is 3. The topological polar surface area (TPSA) is 49.8 Å². The molecule has 0 saturated carbocycles. The zero-order valence-corrected chi connectivity index (χ0v) is 11.5. The molecule has 0 aliphatic carbocycles. The van der Waals surface area contributed by atoms with Gasteiger partial charge in [-0.15, -0.1) is 0 Å². The molecule has 0 aliphatic rings. The van der Waals surface area contributed by atoms with Crippen molar-refractivity contribution in [1.29, 1.82) is 0 Å². The molecule has 112 valence electrons. The molecule has 2 rings (SSSR count). The minimum Gasteiger partial charge on any atom is -0.363 e. The summed E-state index contributed by atoms with van der Waals surface area (Å²) in [6.45, 7) is 2.78. The summed E-state index contributed by atoms with van der Waals surface area (Å²) >= 11 is 0. The van der Waals surface area contributed by atoms with Crippen LogP contribution in [0.15, 0.2) is 24.4 Å². The lowest BCUT2D eigenvalue weighted by Crippen LogP contribution is -2.09. The van der Waals surface area contributed by atoms with Gasteiger partial charge in [0.15, 0.2) is 23.3 Å². The molecule has 0 fully saturated rings. The average molecular weight is 296 g/mol. The zero-order chi connectivity index (χ0) is 15.2. The fourth-order valence-electron chi connectivity index (χ4n) is 1.65. The summed E-state index contributed by atoms with van der Waals surface area (Å²) in [5.41, 5.74) is 0.481. The number of hydrogen-bond acceptors (Lipinski definition) is 4.